The van der Waals surface area contributed by atoms with E-state index in [1.54, 1.807) is 6.20 Å². The van der Waals surface area contributed by atoms with Crippen molar-refractivity contribution in [2.24, 2.45) is 0 Å². The minimum Gasteiger partial charge on any atom is -0.462 e. The molecule has 0 bridgehead atoms. The molecule has 0 saturated carbocycles. The van der Waals surface area contributed by atoms with Crippen LogP contribution in [0.25, 0.3) is 22.0 Å². The molecule has 0 radical (unpaired) electrons. The molecule has 7 nitrogen and oxygen atoms in total. The maximum Gasteiger partial charge on any atom is 0.178 e. The predicted molar refractivity (Wildman–Crippen MR) is 96.4 cm³/mol. The highest BCUT2D eigenvalue weighted by Gasteiger charge is 2.17. The highest BCUT2D eigenvalue weighted by Crippen LogP contribution is 2.32. The smallest absolute Gasteiger partial charge is 0.178 e. The summed E-state index contributed by atoms with van der Waals surface area (Å²) < 4.78 is 11.2. The number of anilines is 3. The van der Waals surface area contributed by atoms with Crippen molar-refractivity contribution in [3.8, 4) is 0 Å². The first-order valence-electron chi connectivity index (χ1n) is 8.28. The summed E-state index contributed by atoms with van der Waals surface area (Å²) in [6.45, 7) is 3.29. The van der Waals surface area contributed by atoms with E-state index in [4.69, 9.17) is 9.15 Å². The number of hydrogen-bond acceptors (Lipinski definition) is 6. The summed E-state index contributed by atoms with van der Waals surface area (Å²) in [5, 5.41) is 11.7. The third-order valence-electron chi connectivity index (χ3n) is 4.49. The summed E-state index contributed by atoms with van der Waals surface area (Å²) in [5.74, 6) is 0.704. The highest BCUT2D eigenvalue weighted by molar-refractivity contribution is 5.94. The molecule has 1 aromatic carbocycles. The van der Waals surface area contributed by atoms with Crippen LogP contribution in [0.4, 0.5) is 17.2 Å². The van der Waals surface area contributed by atoms with Crippen LogP contribution >= 0.6 is 0 Å². The number of ether oxygens (including phenoxy) is 1. The molecule has 4 heterocycles. The van der Waals surface area contributed by atoms with Crippen LogP contribution in [0.3, 0.4) is 0 Å². The molecule has 126 valence electrons. The first-order chi connectivity index (χ1) is 12.4. The molecule has 1 fully saturated rings. The summed E-state index contributed by atoms with van der Waals surface area (Å²) in [4.78, 5) is 6.67. The molecule has 1 saturated heterocycles. The third kappa shape index (κ3) is 2.49. The van der Waals surface area contributed by atoms with Gasteiger partial charge >= 0.3 is 0 Å². The van der Waals surface area contributed by atoms with Crippen molar-refractivity contribution in [3.05, 3.63) is 42.8 Å². The Morgan fingerprint density at radius 1 is 1.16 bits per heavy atom. The molecule has 3 aromatic heterocycles. The Balaban J connectivity index is 1.47. The van der Waals surface area contributed by atoms with Crippen LogP contribution in [0.2, 0.25) is 0 Å². The molecule has 0 aliphatic carbocycles. The number of fused-ring (bicyclic) bond motifs is 2. The van der Waals surface area contributed by atoms with Crippen molar-refractivity contribution < 1.29 is 9.15 Å². The van der Waals surface area contributed by atoms with Crippen LogP contribution in [0, 0.1) is 0 Å². The number of hydrogen-bond donors (Lipinski definition) is 2. The van der Waals surface area contributed by atoms with Gasteiger partial charge in [0.1, 0.15) is 17.4 Å². The van der Waals surface area contributed by atoms with Crippen molar-refractivity contribution in [3.63, 3.8) is 0 Å². The summed E-state index contributed by atoms with van der Waals surface area (Å²) >= 11 is 0. The first kappa shape index (κ1) is 14.3. The minimum atomic E-state index is 0.704. The maximum atomic E-state index is 5.78. The van der Waals surface area contributed by atoms with Gasteiger partial charge in [-0.3, -0.25) is 10.1 Å². The van der Waals surface area contributed by atoms with E-state index in [1.807, 2.05) is 30.5 Å². The van der Waals surface area contributed by atoms with Crippen LogP contribution in [0.15, 0.2) is 47.2 Å². The number of H-pyrrole nitrogens is 1. The monoisotopic (exact) mass is 335 g/mol. The zero-order valence-corrected chi connectivity index (χ0v) is 13.5. The van der Waals surface area contributed by atoms with E-state index < -0.39 is 0 Å². The molecule has 1 aliphatic heterocycles. The van der Waals surface area contributed by atoms with Gasteiger partial charge in [0.05, 0.1) is 24.4 Å². The Morgan fingerprint density at radius 3 is 3.00 bits per heavy atom. The van der Waals surface area contributed by atoms with Crippen LogP contribution < -0.4 is 10.2 Å². The van der Waals surface area contributed by atoms with E-state index in [1.165, 1.54) is 0 Å². The quantitative estimate of drug-likeness (QED) is 0.598. The van der Waals surface area contributed by atoms with Crippen LogP contribution in [0.1, 0.15) is 0 Å². The molecule has 5 rings (SSSR count). The average molecular weight is 335 g/mol. The average Bonchev–Trinajstić information content (AvgIpc) is 3.27. The lowest BCUT2D eigenvalue weighted by molar-refractivity contribution is 0.123. The molecule has 25 heavy (non-hydrogen) atoms. The Hall–Kier alpha value is -3.06. The van der Waals surface area contributed by atoms with Gasteiger partial charge in [-0.2, -0.15) is 5.10 Å². The second kappa shape index (κ2) is 5.78. The summed E-state index contributed by atoms with van der Waals surface area (Å²) in [5.41, 5.74) is 4.60. The number of nitrogens with zero attached hydrogens (tertiary/aromatic N) is 3. The molecule has 4 aromatic rings. The molecule has 0 spiro atoms. The number of aromatic amines is 1. The lowest BCUT2D eigenvalue weighted by Gasteiger charge is -2.27. The SMILES string of the molecule is c1cnc2c(Nc3ccc4c(N5CCOCC5)coc4c3)n[nH]c2c1. The van der Waals surface area contributed by atoms with E-state index in [-0.39, 0.29) is 0 Å². The lowest BCUT2D eigenvalue weighted by Crippen LogP contribution is -2.36. The third-order valence-corrected chi connectivity index (χ3v) is 4.49. The Morgan fingerprint density at radius 2 is 2.08 bits per heavy atom. The van der Waals surface area contributed by atoms with E-state index in [0.29, 0.717) is 5.82 Å². The van der Waals surface area contributed by atoms with Crippen molar-refractivity contribution in [1.29, 1.82) is 0 Å². The van der Waals surface area contributed by atoms with Gasteiger partial charge in [-0.05, 0) is 24.3 Å². The van der Waals surface area contributed by atoms with Crippen LogP contribution in [-0.2, 0) is 4.74 Å². The normalized spacial score (nSPS) is 15.1. The van der Waals surface area contributed by atoms with Gasteiger partial charge in [-0.1, -0.05) is 0 Å². The minimum absolute atomic E-state index is 0.704. The lowest BCUT2D eigenvalue weighted by atomic mass is 10.2. The van der Waals surface area contributed by atoms with E-state index in [9.17, 15) is 0 Å². The standard InChI is InChI=1S/C18H17N5O2/c1-2-14-17(19-5-1)18(22-21-14)20-12-3-4-13-15(11-25-16(13)10-12)23-6-8-24-9-7-23/h1-5,10-11H,6-9H2,(H2,20,21,22). The van der Waals surface area contributed by atoms with Crippen LogP contribution in [-0.4, -0.2) is 41.5 Å². The van der Waals surface area contributed by atoms with E-state index in [0.717, 1.165) is 59.7 Å². The van der Waals surface area contributed by atoms with Gasteiger partial charge < -0.3 is 19.4 Å². The number of benzene rings is 1. The molecular weight excluding hydrogens is 318 g/mol. The topological polar surface area (TPSA) is 79.2 Å². The number of morpholine rings is 1. The van der Waals surface area contributed by atoms with Crippen molar-refractivity contribution >= 4 is 39.2 Å². The molecule has 2 N–H and O–H groups in total. The summed E-state index contributed by atoms with van der Waals surface area (Å²) in [7, 11) is 0. The van der Waals surface area contributed by atoms with Crippen LogP contribution in [0.5, 0.6) is 0 Å². The van der Waals surface area contributed by atoms with Crippen molar-refractivity contribution in [2.75, 3.05) is 36.5 Å². The predicted octanol–water partition coefficient (Wildman–Crippen LogP) is 3.28. The van der Waals surface area contributed by atoms with E-state index >= 15 is 0 Å². The fraction of sp³-hybridized carbons (Fsp3) is 0.222. The second-order valence-electron chi connectivity index (χ2n) is 6.03. The molecule has 0 amide bonds. The highest BCUT2D eigenvalue weighted by atomic mass is 16.5. The number of pyridine rings is 1. The Bertz CT molecular complexity index is 1030. The molecule has 0 unspecified atom stereocenters. The largest absolute Gasteiger partial charge is 0.462 e. The van der Waals surface area contributed by atoms with Gasteiger partial charge in [0, 0.05) is 36.4 Å². The number of nitrogens with one attached hydrogen (secondary N) is 2. The first-order valence-corrected chi connectivity index (χ1v) is 8.28. The van der Waals surface area contributed by atoms with Crippen molar-refractivity contribution in [1.82, 2.24) is 15.2 Å². The zero-order chi connectivity index (χ0) is 16.6. The van der Waals surface area contributed by atoms with Gasteiger partial charge in [-0.25, -0.2) is 0 Å². The fourth-order valence-corrected chi connectivity index (χ4v) is 3.22. The van der Waals surface area contributed by atoms with Gasteiger partial charge in [0.25, 0.3) is 0 Å². The van der Waals surface area contributed by atoms with Crippen molar-refractivity contribution in [2.45, 2.75) is 0 Å². The fourth-order valence-electron chi connectivity index (χ4n) is 3.22. The Kier molecular flexibility index (Phi) is 3.31. The Labute approximate surface area is 143 Å². The zero-order valence-electron chi connectivity index (χ0n) is 13.5. The molecule has 1 aliphatic rings. The second-order valence-corrected chi connectivity index (χ2v) is 6.03. The number of furan rings is 1. The van der Waals surface area contributed by atoms with E-state index in [2.05, 4.69) is 31.5 Å². The van der Waals surface area contributed by atoms with Gasteiger partial charge in [-0.15, -0.1) is 0 Å². The molecule has 7 heteroatoms. The van der Waals surface area contributed by atoms with Gasteiger partial charge in [0.15, 0.2) is 5.82 Å². The summed E-state index contributed by atoms with van der Waals surface area (Å²) in [6.07, 6.45) is 3.58. The molecule has 0 atom stereocenters. The number of aromatic nitrogens is 3. The molecular formula is C18H17N5O2. The summed E-state index contributed by atoms with van der Waals surface area (Å²) in [6, 6.07) is 9.93. The number of rotatable bonds is 3. The van der Waals surface area contributed by atoms with Gasteiger partial charge in [0.2, 0.25) is 0 Å². The maximum absolute atomic E-state index is 5.78.